The van der Waals surface area contributed by atoms with Crippen molar-refractivity contribution in [3.63, 3.8) is 0 Å². The molecule has 0 aliphatic heterocycles. The van der Waals surface area contributed by atoms with E-state index in [1.807, 2.05) is 6.92 Å². The average Bonchev–Trinajstić information content (AvgIpc) is 2.43. The topological polar surface area (TPSA) is 95.5 Å². The van der Waals surface area contributed by atoms with Crippen LogP contribution in [0.5, 0.6) is 0 Å². The van der Waals surface area contributed by atoms with Crippen molar-refractivity contribution in [3.05, 3.63) is 29.8 Å². The molecule has 3 N–H and O–H groups in total. The Morgan fingerprint density at radius 1 is 1.27 bits per heavy atom. The minimum atomic E-state index is -0.969. The maximum Gasteiger partial charge on any atom is 0.320 e. The third-order valence-electron chi connectivity index (χ3n) is 2.94. The molecular weight excluding hydrogens is 308 g/mol. The molecule has 0 fully saturated rings. The van der Waals surface area contributed by atoms with Gasteiger partial charge in [0.2, 0.25) is 5.91 Å². The third kappa shape index (κ3) is 6.69. The van der Waals surface area contributed by atoms with E-state index in [0.29, 0.717) is 24.1 Å². The van der Waals surface area contributed by atoms with Crippen molar-refractivity contribution in [2.45, 2.75) is 32.7 Å². The van der Waals surface area contributed by atoms with Crippen molar-refractivity contribution in [2.24, 2.45) is 0 Å². The van der Waals surface area contributed by atoms with Gasteiger partial charge < -0.3 is 10.4 Å². The number of carboxylic acids is 1. The van der Waals surface area contributed by atoms with E-state index in [0.717, 1.165) is 0 Å². The number of anilines is 1. The number of halogens is 1. The van der Waals surface area contributed by atoms with Gasteiger partial charge in [0.1, 0.15) is 6.04 Å². The van der Waals surface area contributed by atoms with Crippen LogP contribution in [0.15, 0.2) is 24.3 Å². The summed E-state index contributed by atoms with van der Waals surface area (Å²) in [6, 6.07) is 5.87. The summed E-state index contributed by atoms with van der Waals surface area (Å²) in [6.45, 7) is 3.23. The van der Waals surface area contributed by atoms with Crippen LogP contribution in [0.2, 0.25) is 0 Å². The zero-order chi connectivity index (χ0) is 15.8. The van der Waals surface area contributed by atoms with Gasteiger partial charge in [-0.1, -0.05) is 25.5 Å². The van der Waals surface area contributed by atoms with Gasteiger partial charge in [0, 0.05) is 11.3 Å². The summed E-state index contributed by atoms with van der Waals surface area (Å²) in [7, 11) is 0. The first-order valence-electron chi connectivity index (χ1n) is 6.81. The molecule has 0 spiro atoms. The minimum Gasteiger partial charge on any atom is -0.480 e. The van der Waals surface area contributed by atoms with Gasteiger partial charge in [-0.3, -0.25) is 19.7 Å². The van der Waals surface area contributed by atoms with Crippen LogP contribution >= 0.6 is 12.4 Å². The predicted molar refractivity (Wildman–Crippen MR) is 86.7 cm³/mol. The fraction of sp³-hybridized carbons (Fsp3) is 0.400. The highest BCUT2D eigenvalue weighted by atomic mass is 35.5. The highest BCUT2D eigenvalue weighted by molar-refractivity contribution is 5.97. The predicted octanol–water partition coefficient (Wildman–Crippen LogP) is 2.09. The molecular formula is C15H21ClN2O4. The Morgan fingerprint density at radius 2 is 1.95 bits per heavy atom. The molecule has 1 unspecified atom stereocenters. The van der Waals surface area contributed by atoms with Crippen LogP contribution < -0.4 is 10.6 Å². The maximum atomic E-state index is 11.8. The summed E-state index contributed by atoms with van der Waals surface area (Å²) in [5.41, 5.74) is 1.02. The van der Waals surface area contributed by atoms with Gasteiger partial charge in [-0.2, -0.15) is 0 Å². The van der Waals surface area contributed by atoms with Gasteiger partial charge in [-0.15, -0.1) is 12.4 Å². The molecule has 1 amide bonds. The summed E-state index contributed by atoms with van der Waals surface area (Å²) >= 11 is 0. The van der Waals surface area contributed by atoms with E-state index in [4.69, 9.17) is 5.11 Å². The number of aliphatic carboxylic acids is 1. The molecule has 1 rings (SSSR count). The van der Waals surface area contributed by atoms with Crippen molar-refractivity contribution in [1.29, 1.82) is 0 Å². The quantitative estimate of drug-likeness (QED) is 0.635. The zero-order valence-electron chi connectivity index (χ0n) is 12.6. The van der Waals surface area contributed by atoms with Crippen molar-refractivity contribution in [2.75, 3.05) is 11.9 Å². The SMILES string of the molecule is CCCC(NCC(=O)Nc1cccc(C(C)=O)c1)C(=O)O.Cl. The second-order valence-electron chi connectivity index (χ2n) is 4.75. The largest absolute Gasteiger partial charge is 0.480 e. The van der Waals surface area contributed by atoms with E-state index in [1.165, 1.54) is 6.92 Å². The number of benzene rings is 1. The third-order valence-corrected chi connectivity index (χ3v) is 2.94. The second-order valence-corrected chi connectivity index (χ2v) is 4.75. The molecule has 0 saturated carbocycles. The van der Waals surface area contributed by atoms with Gasteiger partial charge in [0.25, 0.3) is 0 Å². The zero-order valence-corrected chi connectivity index (χ0v) is 13.4. The average molecular weight is 329 g/mol. The summed E-state index contributed by atoms with van der Waals surface area (Å²) < 4.78 is 0. The number of ketones is 1. The second kappa shape index (κ2) is 9.92. The van der Waals surface area contributed by atoms with E-state index in [9.17, 15) is 14.4 Å². The first-order valence-corrected chi connectivity index (χ1v) is 6.81. The molecule has 122 valence electrons. The van der Waals surface area contributed by atoms with E-state index in [2.05, 4.69) is 10.6 Å². The van der Waals surface area contributed by atoms with Gasteiger partial charge in [-0.05, 0) is 25.5 Å². The summed E-state index contributed by atoms with van der Waals surface area (Å²) in [5, 5.41) is 14.3. The van der Waals surface area contributed by atoms with Crippen LogP contribution in [-0.4, -0.2) is 35.4 Å². The fourth-order valence-electron chi connectivity index (χ4n) is 1.84. The molecule has 0 aliphatic rings. The standard InChI is InChI=1S/C15H20N2O4.ClH/c1-3-5-13(15(20)21)16-9-14(19)17-12-7-4-6-11(8-12)10(2)18;/h4,6-8,13,16H,3,5,9H2,1-2H3,(H,17,19)(H,20,21);1H. The normalized spacial score (nSPS) is 11.2. The highest BCUT2D eigenvalue weighted by Gasteiger charge is 2.16. The lowest BCUT2D eigenvalue weighted by atomic mass is 10.1. The van der Waals surface area contributed by atoms with Crippen LogP contribution in [-0.2, 0) is 9.59 Å². The fourth-order valence-corrected chi connectivity index (χ4v) is 1.84. The number of carbonyl (C=O) groups excluding carboxylic acids is 2. The molecule has 0 radical (unpaired) electrons. The maximum absolute atomic E-state index is 11.8. The Kier molecular flexibility index (Phi) is 9.05. The molecule has 0 saturated heterocycles. The lowest BCUT2D eigenvalue weighted by molar-refractivity contribution is -0.139. The molecule has 1 aromatic rings. The van der Waals surface area contributed by atoms with E-state index < -0.39 is 12.0 Å². The van der Waals surface area contributed by atoms with Crippen LogP contribution in [0.4, 0.5) is 5.69 Å². The monoisotopic (exact) mass is 328 g/mol. The van der Waals surface area contributed by atoms with E-state index in [-0.39, 0.29) is 30.6 Å². The van der Waals surface area contributed by atoms with Gasteiger partial charge in [0.15, 0.2) is 5.78 Å². The number of Topliss-reactive ketones (excluding diaryl/α,β-unsaturated/α-hetero) is 1. The smallest absolute Gasteiger partial charge is 0.320 e. The minimum absolute atomic E-state index is 0. The summed E-state index contributed by atoms with van der Waals surface area (Å²) in [5.74, 6) is -1.40. The van der Waals surface area contributed by atoms with E-state index in [1.54, 1.807) is 24.3 Å². The molecule has 7 heteroatoms. The number of hydrogen-bond acceptors (Lipinski definition) is 4. The summed E-state index contributed by atoms with van der Waals surface area (Å²) in [6.07, 6.45) is 1.18. The Bertz CT molecular complexity index is 534. The molecule has 1 aromatic carbocycles. The van der Waals surface area contributed by atoms with Gasteiger partial charge in [0.05, 0.1) is 6.54 Å². The molecule has 6 nitrogen and oxygen atoms in total. The number of carbonyl (C=O) groups is 3. The first kappa shape index (κ1) is 20.1. The van der Waals surface area contributed by atoms with Crippen molar-refractivity contribution in [1.82, 2.24) is 5.32 Å². The van der Waals surface area contributed by atoms with Crippen LogP contribution in [0, 0.1) is 0 Å². The molecule has 0 aromatic heterocycles. The lowest BCUT2D eigenvalue weighted by Gasteiger charge is -2.13. The number of rotatable bonds is 8. The van der Waals surface area contributed by atoms with Gasteiger partial charge in [-0.25, -0.2) is 0 Å². The Morgan fingerprint density at radius 3 is 2.50 bits per heavy atom. The molecule has 22 heavy (non-hydrogen) atoms. The summed E-state index contributed by atoms with van der Waals surface area (Å²) in [4.78, 5) is 34.0. The van der Waals surface area contributed by atoms with Crippen LogP contribution in [0.1, 0.15) is 37.0 Å². The molecule has 1 atom stereocenters. The van der Waals surface area contributed by atoms with Crippen LogP contribution in [0.25, 0.3) is 0 Å². The van der Waals surface area contributed by atoms with Gasteiger partial charge >= 0.3 is 5.97 Å². The highest BCUT2D eigenvalue weighted by Crippen LogP contribution is 2.10. The Hall–Kier alpha value is -1.92. The number of carboxylic acid groups (broad SMARTS) is 1. The molecule has 0 aliphatic carbocycles. The van der Waals surface area contributed by atoms with E-state index >= 15 is 0 Å². The number of hydrogen-bond donors (Lipinski definition) is 3. The Labute approximate surface area is 135 Å². The number of nitrogens with one attached hydrogen (secondary N) is 2. The molecule has 0 bridgehead atoms. The molecule has 0 heterocycles. The lowest BCUT2D eigenvalue weighted by Crippen LogP contribution is -2.41. The number of amides is 1. The van der Waals surface area contributed by atoms with Crippen molar-refractivity contribution >= 4 is 35.8 Å². The van der Waals surface area contributed by atoms with Crippen LogP contribution in [0.3, 0.4) is 0 Å². The Balaban J connectivity index is 0.00000441. The van der Waals surface area contributed by atoms with Crippen molar-refractivity contribution < 1.29 is 19.5 Å². The van der Waals surface area contributed by atoms with Crippen molar-refractivity contribution in [3.8, 4) is 0 Å². The first-order chi connectivity index (χ1) is 9.93.